The highest BCUT2D eigenvalue weighted by molar-refractivity contribution is 5.82. The first kappa shape index (κ1) is 14.0. The van der Waals surface area contributed by atoms with Crippen molar-refractivity contribution in [2.45, 2.75) is 13.0 Å². The van der Waals surface area contributed by atoms with E-state index < -0.39 is 0 Å². The highest BCUT2D eigenvalue weighted by atomic mass is 16.5. The number of hydrogen-bond acceptors (Lipinski definition) is 5. The molecule has 3 rings (SSSR count). The lowest BCUT2D eigenvalue weighted by Gasteiger charge is -2.29. The molecule has 1 aliphatic heterocycles. The molecule has 0 spiro atoms. The lowest BCUT2D eigenvalue weighted by molar-refractivity contribution is 0.121. The second-order valence-electron chi connectivity index (χ2n) is 5.41. The van der Waals surface area contributed by atoms with Crippen LogP contribution in [0, 0.1) is 0 Å². The zero-order chi connectivity index (χ0) is 15.0. The molecule has 21 heavy (non-hydrogen) atoms. The van der Waals surface area contributed by atoms with Crippen LogP contribution in [0.1, 0.15) is 18.5 Å². The van der Waals surface area contributed by atoms with Crippen molar-refractivity contribution in [2.75, 3.05) is 31.2 Å². The number of fused-ring (bicyclic) bond motifs is 1. The van der Waals surface area contributed by atoms with E-state index in [1.54, 1.807) is 17.7 Å². The van der Waals surface area contributed by atoms with Gasteiger partial charge in [-0.2, -0.15) is 0 Å². The summed E-state index contributed by atoms with van der Waals surface area (Å²) in [6.45, 7) is 4.70. The van der Waals surface area contributed by atoms with E-state index in [1.807, 2.05) is 19.1 Å². The molecule has 6 heteroatoms. The van der Waals surface area contributed by atoms with Gasteiger partial charge in [-0.05, 0) is 18.6 Å². The minimum atomic E-state index is -0.161. The van der Waals surface area contributed by atoms with Crippen LogP contribution < -0.4 is 16.2 Å². The van der Waals surface area contributed by atoms with Crippen molar-refractivity contribution in [3.63, 3.8) is 0 Å². The summed E-state index contributed by atoms with van der Waals surface area (Å²) in [6.07, 6.45) is 0. The van der Waals surface area contributed by atoms with Crippen molar-refractivity contribution in [3.8, 4) is 0 Å². The van der Waals surface area contributed by atoms with E-state index >= 15 is 0 Å². The van der Waals surface area contributed by atoms with Crippen molar-refractivity contribution in [1.82, 2.24) is 9.55 Å². The molecule has 6 nitrogen and oxygen atoms in total. The monoisotopic (exact) mass is 288 g/mol. The van der Waals surface area contributed by atoms with Crippen molar-refractivity contribution < 1.29 is 4.74 Å². The molecule has 0 bridgehead atoms. The Bertz CT molecular complexity index is 717. The zero-order valence-electron chi connectivity index (χ0n) is 12.4. The molecule has 2 heterocycles. The second-order valence-corrected chi connectivity index (χ2v) is 5.41. The Labute approximate surface area is 123 Å². The molecule has 0 amide bonds. The summed E-state index contributed by atoms with van der Waals surface area (Å²) in [6, 6.07) is 5.44. The molecule has 1 fully saturated rings. The number of benzene rings is 1. The van der Waals surface area contributed by atoms with Crippen molar-refractivity contribution in [2.24, 2.45) is 12.8 Å². The van der Waals surface area contributed by atoms with Gasteiger partial charge in [0.1, 0.15) is 0 Å². The number of nitrogens with two attached hydrogens (primary N) is 1. The molecule has 1 unspecified atom stereocenters. The number of ether oxygens (including phenoxy) is 1. The Morgan fingerprint density at radius 2 is 2.05 bits per heavy atom. The summed E-state index contributed by atoms with van der Waals surface area (Å²) in [5.41, 5.74) is 7.58. The van der Waals surface area contributed by atoms with Crippen LogP contribution in [0.3, 0.4) is 0 Å². The predicted molar refractivity (Wildman–Crippen MR) is 82.6 cm³/mol. The van der Waals surface area contributed by atoms with E-state index in [4.69, 9.17) is 15.5 Å². The molecule has 0 radical (unpaired) electrons. The molecule has 2 N–H and O–H groups in total. The average Bonchev–Trinajstić information content (AvgIpc) is 2.51. The predicted octanol–water partition coefficient (Wildman–Crippen LogP) is 0.790. The highest BCUT2D eigenvalue weighted by Crippen LogP contribution is 2.22. The quantitative estimate of drug-likeness (QED) is 0.884. The minimum Gasteiger partial charge on any atom is -0.378 e. The van der Waals surface area contributed by atoms with Gasteiger partial charge in [0.25, 0.3) is 5.56 Å². The van der Waals surface area contributed by atoms with Gasteiger partial charge in [0.2, 0.25) is 5.95 Å². The standard InChI is InChI=1S/C15H20N4O2/c1-10(16)11-4-3-5-12-13(11)17-15(18(2)14(12)20)19-6-8-21-9-7-19/h3-5,10H,6-9,16H2,1-2H3. The first-order valence-electron chi connectivity index (χ1n) is 7.17. The van der Waals surface area contributed by atoms with E-state index in [1.165, 1.54) is 0 Å². The maximum atomic E-state index is 12.6. The van der Waals surface area contributed by atoms with E-state index in [9.17, 15) is 4.79 Å². The number of rotatable bonds is 2. The SMILES string of the molecule is CC(N)c1cccc2c(=O)n(C)c(N3CCOCC3)nc12. The van der Waals surface area contributed by atoms with E-state index in [0.717, 1.165) is 18.7 Å². The van der Waals surface area contributed by atoms with Crippen molar-refractivity contribution in [1.29, 1.82) is 0 Å². The second kappa shape index (κ2) is 5.46. The summed E-state index contributed by atoms with van der Waals surface area (Å²) in [5.74, 6) is 0.684. The van der Waals surface area contributed by atoms with Crippen LogP contribution in [0.25, 0.3) is 10.9 Å². The van der Waals surface area contributed by atoms with Gasteiger partial charge in [-0.3, -0.25) is 9.36 Å². The number of para-hydroxylation sites is 1. The number of nitrogens with zero attached hydrogens (tertiary/aromatic N) is 3. The number of morpholine rings is 1. The van der Waals surface area contributed by atoms with Crippen molar-refractivity contribution in [3.05, 3.63) is 34.1 Å². The highest BCUT2D eigenvalue weighted by Gasteiger charge is 2.19. The fourth-order valence-corrected chi connectivity index (χ4v) is 2.72. The lowest BCUT2D eigenvalue weighted by Crippen LogP contribution is -2.40. The lowest BCUT2D eigenvalue weighted by atomic mass is 10.1. The molecule has 1 aromatic carbocycles. The van der Waals surface area contributed by atoms with Crippen LogP contribution in [0.15, 0.2) is 23.0 Å². The van der Waals surface area contributed by atoms with Gasteiger partial charge in [0.15, 0.2) is 0 Å². The normalized spacial score (nSPS) is 17.2. The van der Waals surface area contributed by atoms with Crippen LogP contribution in [0.5, 0.6) is 0 Å². The maximum absolute atomic E-state index is 12.6. The molecule has 112 valence electrons. The van der Waals surface area contributed by atoms with Gasteiger partial charge in [-0.25, -0.2) is 4.98 Å². The smallest absolute Gasteiger partial charge is 0.262 e. The van der Waals surface area contributed by atoms with Gasteiger partial charge in [-0.1, -0.05) is 12.1 Å². The summed E-state index contributed by atoms with van der Waals surface area (Å²) in [7, 11) is 1.76. The molecule has 1 atom stereocenters. The van der Waals surface area contributed by atoms with E-state index in [-0.39, 0.29) is 11.6 Å². The van der Waals surface area contributed by atoms with E-state index in [2.05, 4.69) is 4.90 Å². The number of aromatic nitrogens is 2. The number of hydrogen-bond donors (Lipinski definition) is 1. The van der Waals surface area contributed by atoms with Gasteiger partial charge >= 0.3 is 0 Å². The molecule has 1 saturated heterocycles. The fourth-order valence-electron chi connectivity index (χ4n) is 2.72. The van der Waals surface area contributed by atoms with Crippen LogP contribution in [0.2, 0.25) is 0 Å². The molecular weight excluding hydrogens is 268 g/mol. The third-order valence-electron chi connectivity index (χ3n) is 3.90. The van der Waals surface area contributed by atoms with Crippen LogP contribution in [-0.4, -0.2) is 35.9 Å². The molecule has 2 aromatic rings. The fraction of sp³-hybridized carbons (Fsp3) is 0.467. The number of anilines is 1. The van der Waals surface area contributed by atoms with E-state index in [0.29, 0.717) is 30.1 Å². The summed E-state index contributed by atoms with van der Waals surface area (Å²) < 4.78 is 6.97. The molecule has 1 aliphatic rings. The topological polar surface area (TPSA) is 73.4 Å². The third-order valence-corrected chi connectivity index (χ3v) is 3.90. The largest absolute Gasteiger partial charge is 0.378 e. The Balaban J connectivity index is 2.24. The maximum Gasteiger partial charge on any atom is 0.262 e. The Morgan fingerprint density at radius 3 is 2.71 bits per heavy atom. The first-order chi connectivity index (χ1) is 10.1. The third kappa shape index (κ3) is 2.41. The molecule has 1 aromatic heterocycles. The first-order valence-corrected chi connectivity index (χ1v) is 7.17. The summed E-state index contributed by atoms with van der Waals surface area (Å²) >= 11 is 0. The minimum absolute atomic E-state index is 0.0380. The average molecular weight is 288 g/mol. The summed E-state index contributed by atoms with van der Waals surface area (Å²) in [4.78, 5) is 19.4. The van der Waals surface area contributed by atoms with Crippen LogP contribution in [0.4, 0.5) is 5.95 Å². The Kier molecular flexibility index (Phi) is 3.65. The Morgan fingerprint density at radius 1 is 1.33 bits per heavy atom. The Hall–Kier alpha value is -1.92. The van der Waals surface area contributed by atoms with Crippen LogP contribution >= 0.6 is 0 Å². The van der Waals surface area contributed by atoms with Crippen molar-refractivity contribution >= 4 is 16.9 Å². The van der Waals surface area contributed by atoms with Gasteiger partial charge in [0.05, 0.1) is 24.1 Å². The van der Waals surface area contributed by atoms with Crippen LogP contribution in [-0.2, 0) is 11.8 Å². The van der Waals surface area contributed by atoms with Gasteiger partial charge in [0, 0.05) is 26.2 Å². The molecule has 0 aliphatic carbocycles. The summed E-state index contributed by atoms with van der Waals surface area (Å²) in [5, 5.41) is 0.615. The molecule has 0 saturated carbocycles. The van der Waals surface area contributed by atoms with Gasteiger partial charge in [-0.15, -0.1) is 0 Å². The molecular formula is C15H20N4O2. The zero-order valence-corrected chi connectivity index (χ0v) is 12.4. The van der Waals surface area contributed by atoms with Gasteiger partial charge < -0.3 is 15.4 Å².